The van der Waals surface area contributed by atoms with E-state index in [1.165, 1.54) is 0 Å². The van der Waals surface area contributed by atoms with E-state index in [0.29, 0.717) is 22.2 Å². The van der Waals surface area contributed by atoms with E-state index in [9.17, 15) is 5.26 Å². The van der Waals surface area contributed by atoms with Crippen LogP contribution in [0.25, 0.3) is 11.3 Å². The van der Waals surface area contributed by atoms with Crippen LogP contribution in [0.1, 0.15) is 17.0 Å². The summed E-state index contributed by atoms with van der Waals surface area (Å²) in [5.74, 6) is 0.0105. The Hall–Kier alpha value is -2.75. The summed E-state index contributed by atoms with van der Waals surface area (Å²) in [6.07, 6.45) is 0. The first-order valence-electron chi connectivity index (χ1n) is 7.76. The van der Waals surface area contributed by atoms with Crippen LogP contribution < -0.4 is 10.5 Å². The normalized spacial score (nSPS) is 16.0. The summed E-state index contributed by atoms with van der Waals surface area (Å²) in [5.41, 5.74) is 9.47. The molecule has 2 aromatic carbocycles. The Morgan fingerprint density at radius 2 is 1.92 bits per heavy atom. The van der Waals surface area contributed by atoms with Gasteiger partial charge in [0.2, 0.25) is 11.8 Å². The lowest BCUT2D eigenvalue weighted by Crippen LogP contribution is -2.20. The molecule has 1 aliphatic rings. The highest BCUT2D eigenvalue weighted by molar-refractivity contribution is 9.10. The van der Waals surface area contributed by atoms with Crippen molar-refractivity contribution in [2.75, 3.05) is 0 Å². The fourth-order valence-corrected chi connectivity index (χ4v) is 3.60. The summed E-state index contributed by atoms with van der Waals surface area (Å²) in [5, 5.41) is 17.5. The monoisotopic (exact) mass is 426 g/mol. The van der Waals surface area contributed by atoms with Crippen molar-refractivity contribution in [1.82, 2.24) is 10.2 Å². The topological polar surface area (TPSA) is 87.7 Å². The highest BCUT2D eigenvalue weighted by Crippen LogP contribution is 2.46. The van der Waals surface area contributed by atoms with Gasteiger partial charge in [-0.1, -0.05) is 57.9 Å². The Kier molecular flexibility index (Phi) is 4.19. The maximum absolute atomic E-state index is 9.69. The third kappa shape index (κ3) is 2.66. The van der Waals surface area contributed by atoms with Crippen LogP contribution in [-0.2, 0) is 0 Å². The molecular formula is C19H12BrClN4O. The molecule has 26 heavy (non-hydrogen) atoms. The summed E-state index contributed by atoms with van der Waals surface area (Å²) in [4.78, 5) is 0. The lowest BCUT2D eigenvalue weighted by atomic mass is 9.83. The average molecular weight is 428 g/mol. The Morgan fingerprint density at radius 3 is 2.62 bits per heavy atom. The first-order valence-corrected chi connectivity index (χ1v) is 8.93. The van der Waals surface area contributed by atoms with E-state index in [0.717, 1.165) is 21.2 Å². The van der Waals surface area contributed by atoms with E-state index in [-0.39, 0.29) is 5.88 Å². The van der Waals surface area contributed by atoms with E-state index < -0.39 is 5.92 Å². The summed E-state index contributed by atoms with van der Waals surface area (Å²) in [6.45, 7) is 0. The number of fused-ring (bicyclic) bond motifs is 1. The highest BCUT2D eigenvalue weighted by atomic mass is 79.9. The van der Waals surface area contributed by atoms with Crippen LogP contribution in [0.5, 0.6) is 5.88 Å². The number of ether oxygens (including phenoxy) is 1. The smallest absolute Gasteiger partial charge is 0.244 e. The molecule has 0 unspecified atom stereocenters. The third-order valence-electron chi connectivity index (χ3n) is 4.29. The second-order valence-electron chi connectivity index (χ2n) is 5.77. The second-order valence-corrected chi connectivity index (χ2v) is 7.10. The van der Waals surface area contributed by atoms with Crippen LogP contribution in [0.15, 0.2) is 64.5 Å². The minimum atomic E-state index is -0.401. The SMILES string of the molecule is N#CC1=C(N)Oc2n[nH]c(-c3ccccc3Cl)c2[C@H]1c1ccc(Br)cc1. The molecule has 0 spiro atoms. The lowest BCUT2D eigenvalue weighted by molar-refractivity contribution is 0.379. The minimum absolute atomic E-state index is 0.0603. The molecule has 0 saturated carbocycles. The van der Waals surface area contributed by atoms with E-state index in [1.807, 2.05) is 42.5 Å². The van der Waals surface area contributed by atoms with Crippen molar-refractivity contribution in [3.05, 3.63) is 80.6 Å². The van der Waals surface area contributed by atoms with Crippen LogP contribution >= 0.6 is 27.5 Å². The zero-order valence-electron chi connectivity index (χ0n) is 13.3. The molecular weight excluding hydrogens is 416 g/mol. The van der Waals surface area contributed by atoms with Gasteiger partial charge in [-0.3, -0.25) is 5.10 Å². The molecule has 2 heterocycles. The molecule has 3 N–H and O–H groups in total. The van der Waals surface area contributed by atoms with Gasteiger partial charge in [-0.25, -0.2) is 0 Å². The molecule has 0 fully saturated rings. The summed E-state index contributed by atoms with van der Waals surface area (Å²) < 4.78 is 6.54. The Morgan fingerprint density at radius 1 is 1.19 bits per heavy atom. The predicted octanol–water partition coefficient (Wildman–Crippen LogP) is 4.71. The molecule has 0 amide bonds. The fourth-order valence-electron chi connectivity index (χ4n) is 3.10. The quantitative estimate of drug-likeness (QED) is 0.620. The maximum Gasteiger partial charge on any atom is 0.244 e. The molecule has 0 bridgehead atoms. The van der Waals surface area contributed by atoms with Gasteiger partial charge < -0.3 is 10.5 Å². The standard InChI is InChI=1S/C19H12BrClN4O/c20-11-7-5-10(6-8-11)15-13(9-22)18(23)26-19-16(15)17(24-25-19)12-3-1-2-4-14(12)21/h1-8,15H,23H2,(H,24,25)/t15-/m0/s1. The van der Waals surface area contributed by atoms with Gasteiger partial charge in [0, 0.05) is 15.1 Å². The average Bonchev–Trinajstić information content (AvgIpc) is 3.05. The summed E-state index contributed by atoms with van der Waals surface area (Å²) in [6, 6.07) is 17.4. The highest BCUT2D eigenvalue weighted by Gasteiger charge is 2.35. The summed E-state index contributed by atoms with van der Waals surface area (Å²) >= 11 is 9.81. The number of hydrogen-bond donors (Lipinski definition) is 2. The first kappa shape index (κ1) is 16.7. The van der Waals surface area contributed by atoms with Gasteiger partial charge in [-0.15, -0.1) is 5.10 Å². The molecule has 0 radical (unpaired) electrons. The maximum atomic E-state index is 9.69. The van der Waals surface area contributed by atoms with Gasteiger partial charge in [0.05, 0.1) is 17.2 Å². The number of nitrogens with zero attached hydrogens (tertiary/aromatic N) is 2. The van der Waals surface area contributed by atoms with Gasteiger partial charge in [-0.2, -0.15) is 5.26 Å². The number of nitrogens with one attached hydrogen (secondary N) is 1. The van der Waals surface area contributed by atoms with Gasteiger partial charge in [-0.05, 0) is 23.8 Å². The molecule has 1 atom stereocenters. The molecule has 7 heteroatoms. The van der Waals surface area contributed by atoms with Crippen LogP contribution in [0.2, 0.25) is 5.02 Å². The number of allylic oxidation sites excluding steroid dienone is 1. The van der Waals surface area contributed by atoms with Crippen LogP contribution in [0.3, 0.4) is 0 Å². The Labute approximate surface area is 163 Å². The second kappa shape index (κ2) is 6.52. The molecule has 0 aliphatic carbocycles. The number of halogens is 2. The lowest BCUT2D eigenvalue weighted by Gasteiger charge is -2.24. The van der Waals surface area contributed by atoms with Gasteiger partial charge in [0.1, 0.15) is 11.6 Å². The number of aromatic amines is 1. The van der Waals surface area contributed by atoms with Crippen LogP contribution in [-0.4, -0.2) is 10.2 Å². The van der Waals surface area contributed by atoms with Crippen LogP contribution in [0.4, 0.5) is 0 Å². The van der Waals surface area contributed by atoms with Gasteiger partial charge in [0.25, 0.3) is 0 Å². The molecule has 1 aromatic heterocycles. The Bertz CT molecular complexity index is 1070. The van der Waals surface area contributed by atoms with Gasteiger partial charge >= 0.3 is 0 Å². The van der Waals surface area contributed by atoms with Crippen molar-refractivity contribution in [2.45, 2.75) is 5.92 Å². The molecule has 3 aromatic rings. The number of rotatable bonds is 2. The summed E-state index contributed by atoms with van der Waals surface area (Å²) in [7, 11) is 0. The largest absolute Gasteiger partial charge is 0.420 e. The van der Waals surface area contributed by atoms with E-state index in [4.69, 9.17) is 22.1 Å². The van der Waals surface area contributed by atoms with E-state index in [1.54, 1.807) is 6.07 Å². The zero-order chi connectivity index (χ0) is 18.3. The predicted molar refractivity (Wildman–Crippen MR) is 102 cm³/mol. The molecule has 5 nitrogen and oxygen atoms in total. The number of H-pyrrole nitrogens is 1. The Balaban J connectivity index is 1.97. The van der Waals surface area contributed by atoms with Crippen molar-refractivity contribution in [1.29, 1.82) is 5.26 Å². The first-order chi connectivity index (χ1) is 12.6. The van der Waals surface area contributed by atoms with Gasteiger partial charge in [0.15, 0.2) is 0 Å². The van der Waals surface area contributed by atoms with Crippen molar-refractivity contribution >= 4 is 27.5 Å². The van der Waals surface area contributed by atoms with Crippen molar-refractivity contribution in [3.63, 3.8) is 0 Å². The minimum Gasteiger partial charge on any atom is -0.420 e. The number of hydrogen-bond acceptors (Lipinski definition) is 4. The zero-order valence-corrected chi connectivity index (χ0v) is 15.7. The number of benzene rings is 2. The van der Waals surface area contributed by atoms with E-state index in [2.05, 4.69) is 32.2 Å². The molecule has 1 aliphatic heterocycles. The third-order valence-corrected chi connectivity index (χ3v) is 5.14. The molecule has 4 rings (SSSR count). The van der Waals surface area contributed by atoms with Crippen molar-refractivity contribution < 1.29 is 4.74 Å². The molecule has 128 valence electrons. The van der Waals surface area contributed by atoms with E-state index >= 15 is 0 Å². The number of nitriles is 1. The number of aromatic nitrogens is 2. The van der Waals surface area contributed by atoms with Crippen molar-refractivity contribution in [3.8, 4) is 23.2 Å². The molecule has 0 saturated heterocycles. The van der Waals surface area contributed by atoms with Crippen LogP contribution in [0, 0.1) is 11.3 Å². The fraction of sp³-hybridized carbons (Fsp3) is 0.0526. The van der Waals surface area contributed by atoms with Crippen molar-refractivity contribution in [2.24, 2.45) is 5.73 Å². The number of nitrogens with two attached hydrogens (primary N) is 1.